The fourth-order valence-electron chi connectivity index (χ4n) is 1.84. The highest BCUT2D eigenvalue weighted by molar-refractivity contribution is 7.99. The van der Waals surface area contributed by atoms with Crippen molar-refractivity contribution in [1.82, 2.24) is 14.8 Å². The molecule has 0 radical (unpaired) electrons. The number of nitrogens with zero attached hydrogens (tertiary/aromatic N) is 3. The van der Waals surface area contributed by atoms with Crippen LogP contribution in [0.2, 0.25) is 5.02 Å². The van der Waals surface area contributed by atoms with Crippen LogP contribution in [0.15, 0.2) is 29.4 Å². The molecule has 0 spiro atoms. The van der Waals surface area contributed by atoms with Crippen LogP contribution in [0.5, 0.6) is 0 Å². The number of aliphatic hydroxyl groups is 1. The van der Waals surface area contributed by atoms with E-state index in [1.165, 1.54) is 11.8 Å². The predicted molar refractivity (Wildman–Crippen MR) is 82.7 cm³/mol. The van der Waals surface area contributed by atoms with Crippen molar-refractivity contribution in [3.63, 3.8) is 0 Å². The lowest BCUT2D eigenvalue weighted by atomic mass is 10.1. The second-order valence-corrected chi connectivity index (χ2v) is 5.81. The Morgan fingerprint density at radius 1 is 1.33 bits per heavy atom. The SMILES string of the molecule is CCCn1c(CO)nnc1SCC(=O)c1ccc(Cl)cc1. The summed E-state index contributed by atoms with van der Waals surface area (Å²) in [5.74, 6) is 0.807. The van der Waals surface area contributed by atoms with Crippen LogP contribution in [0.25, 0.3) is 0 Å². The fraction of sp³-hybridized carbons (Fsp3) is 0.357. The van der Waals surface area contributed by atoms with Crippen molar-refractivity contribution in [2.24, 2.45) is 0 Å². The van der Waals surface area contributed by atoms with Crippen molar-refractivity contribution in [2.75, 3.05) is 5.75 Å². The van der Waals surface area contributed by atoms with Crippen LogP contribution in [0.1, 0.15) is 29.5 Å². The number of aromatic nitrogens is 3. The second kappa shape index (κ2) is 7.59. The molecule has 0 atom stereocenters. The number of halogens is 1. The molecule has 21 heavy (non-hydrogen) atoms. The van der Waals surface area contributed by atoms with Gasteiger partial charge < -0.3 is 9.67 Å². The summed E-state index contributed by atoms with van der Waals surface area (Å²) in [4.78, 5) is 12.1. The smallest absolute Gasteiger partial charge is 0.191 e. The third kappa shape index (κ3) is 4.06. The van der Waals surface area contributed by atoms with E-state index in [4.69, 9.17) is 11.6 Å². The second-order valence-electron chi connectivity index (χ2n) is 4.43. The van der Waals surface area contributed by atoms with Crippen molar-refractivity contribution in [3.8, 4) is 0 Å². The molecule has 0 aliphatic carbocycles. The van der Waals surface area contributed by atoms with E-state index in [-0.39, 0.29) is 18.1 Å². The normalized spacial score (nSPS) is 10.8. The average Bonchev–Trinajstić information content (AvgIpc) is 2.88. The van der Waals surface area contributed by atoms with Gasteiger partial charge in [-0.05, 0) is 30.7 Å². The molecule has 2 aromatic rings. The first-order valence-corrected chi connectivity index (χ1v) is 7.96. The monoisotopic (exact) mass is 325 g/mol. The lowest BCUT2D eigenvalue weighted by molar-refractivity contribution is 0.102. The Hall–Kier alpha value is -1.37. The van der Waals surface area contributed by atoms with Crippen LogP contribution in [0, 0.1) is 0 Å². The Labute approximate surface area is 132 Å². The fourth-order valence-corrected chi connectivity index (χ4v) is 2.84. The highest BCUT2D eigenvalue weighted by Crippen LogP contribution is 2.20. The number of rotatable bonds is 7. The largest absolute Gasteiger partial charge is 0.388 e. The third-order valence-electron chi connectivity index (χ3n) is 2.88. The molecule has 0 fully saturated rings. The Kier molecular flexibility index (Phi) is 5.78. The van der Waals surface area contributed by atoms with E-state index in [0.29, 0.717) is 21.6 Å². The van der Waals surface area contributed by atoms with Gasteiger partial charge in [-0.15, -0.1) is 10.2 Å². The van der Waals surface area contributed by atoms with E-state index in [1.807, 2.05) is 11.5 Å². The summed E-state index contributed by atoms with van der Waals surface area (Å²) in [5, 5.41) is 18.4. The molecule has 0 saturated heterocycles. The summed E-state index contributed by atoms with van der Waals surface area (Å²) < 4.78 is 1.85. The Balaban J connectivity index is 2.04. The number of aliphatic hydroxyl groups excluding tert-OH is 1. The summed E-state index contributed by atoms with van der Waals surface area (Å²) in [6.45, 7) is 2.60. The number of benzene rings is 1. The van der Waals surface area contributed by atoms with Gasteiger partial charge in [-0.25, -0.2) is 0 Å². The number of hydrogen-bond donors (Lipinski definition) is 1. The van der Waals surface area contributed by atoms with Gasteiger partial charge >= 0.3 is 0 Å². The van der Waals surface area contributed by atoms with E-state index in [0.717, 1.165) is 13.0 Å². The van der Waals surface area contributed by atoms with Gasteiger partial charge in [-0.3, -0.25) is 4.79 Å². The molecular weight excluding hydrogens is 310 g/mol. The highest BCUT2D eigenvalue weighted by Gasteiger charge is 2.13. The van der Waals surface area contributed by atoms with Crippen LogP contribution >= 0.6 is 23.4 Å². The van der Waals surface area contributed by atoms with Crippen LogP contribution in [-0.2, 0) is 13.2 Å². The molecule has 7 heteroatoms. The summed E-state index contributed by atoms with van der Waals surface area (Å²) >= 11 is 7.13. The quantitative estimate of drug-likeness (QED) is 0.626. The van der Waals surface area contributed by atoms with E-state index in [1.54, 1.807) is 24.3 Å². The zero-order valence-electron chi connectivity index (χ0n) is 11.6. The number of hydrogen-bond acceptors (Lipinski definition) is 5. The topological polar surface area (TPSA) is 68.0 Å². The van der Waals surface area contributed by atoms with Gasteiger partial charge in [0.1, 0.15) is 6.61 Å². The molecule has 2 rings (SSSR count). The summed E-state index contributed by atoms with van der Waals surface area (Å²) in [5.41, 5.74) is 0.621. The lowest BCUT2D eigenvalue weighted by Crippen LogP contribution is -2.07. The zero-order chi connectivity index (χ0) is 15.2. The first-order valence-electron chi connectivity index (χ1n) is 6.60. The van der Waals surface area contributed by atoms with Crippen LogP contribution in [0.3, 0.4) is 0 Å². The van der Waals surface area contributed by atoms with Crippen molar-refractivity contribution in [1.29, 1.82) is 0 Å². The van der Waals surface area contributed by atoms with Crippen LogP contribution in [0.4, 0.5) is 0 Å². The van der Waals surface area contributed by atoms with Crippen molar-refractivity contribution in [2.45, 2.75) is 31.7 Å². The van der Waals surface area contributed by atoms with Gasteiger partial charge in [0.2, 0.25) is 0 Å². The van der Waals surface area contributed by atoms with Gasteiger partial charge in [-0.2, -0.15) is 0 Å². The number of carbonyl (C=O) groups excluding carboxylic acids is 1. The van der Waals surface area contributed by atoms with Gasteiger partial charge in [-0.1, -0.05) is 30.3 Å². The van der Waals surface area contributed by atoms with Crippen molar-refractivity contribution in [3.05, 3.63) is 40.7 Å². The van der Waals surface area contributed by atoms with E-state index < -0.39 is 0 Å². The molecule has 1 aromatic carbocycles. The molecule has 0 aliphatic rings. The Morgan fingerprint density at radius 3 is 2.67 bits per heavy atom. The summed E-state index contributed by atoms with van der Waals surface area (Å²) in [6.07, 6.45) is 0.906. The molecule has 0 unspecified atom stereocenters. The highest BCUT2D eigenvalue weighted by atomic mass is 35.5. The maximum Gasteiger partial charge on any atom is 0.191 e. The summed E-state index contributed by atoms with van der Waals surface area (Å²) in [7, 11) is 0. The Bertz CT molecular complexity index is 613. The molecule has 1 aromatic heterocycles. The molecule has 5 nitrogen and oxygen atoms in total. The van der Waals surface area contributed by atoms with Gasteiger partial charge in [0.15, 0.2) is 16.8 Å². The standard InChI is InChI=1S/C14H16ClN3O2S/c1-2-7-18-13(8-19)16-17-14(18)21-9-12(20)10-3-5-11(15)6-4-10/h3-6,19H,2,7-9H2,1H3. The minimum atomic E-state index is -0.154. The molecular formula is C14H16ClN3O2S. The molecule has 0 amide bonds. The van der Waals surface area contributed by atoms with Crippen LogP contribution < -0.4 is 0 Å². The molecule has 1 heterocycles. The first kappa shape index (κ1) is 16.0. The van der Waals surface area contributed by atoms with E-state index in [9.17, 15) is 9.90 Å². The molecule has 0 saturated carbocycles. The molecule has 0 aliphatic heterocycles. The third-order valence-corrected chi connectivity index (χ3v) is 4.10. The number of Topliss-reactive ketones (excluding diaryl/α,β-unsaturated/α-hetero) is 1. The molecule has 1 N–H and O–H groups in total. The minimum Gasteiger partial charge on any atom is -0.388 e. The van der Waals surface area contributed by atoms with Gasteiger partial charge in [0, 0.05) is 17.1 Å². The maximum atomic E-state index is 12.1. The van der Waals surface area contributed by atoms with Crippen LogP contribution in [-0.4, -0.2) is 31.4 Å². The van der Waals surface area contributed by atoms with E-state index in [2.05, 4.69) is 10.2 Å². The van der Waals surface area contributed by atoms with Crippen molar-refractivity contribution >= 4 is 29.1 Å². The first-order chi connectivity index (χ1) is 10.2. The lowest BCUT2D eigenvalue weighted by Gasteiger charge is -2.07. The minimum absolute atomic E-state index is 0.00765. The predicted octanol–water partition coefficient (Wildman–Crippen LogP) is 2.81. The van der Waals surface area contributed by atoms with E-state index >= 15 is 0 Å². The number of ketones is 1. The van der Waals surface area contributed by atoms with Gasteiger partial charge in [0.25, 0.3) is 0 Å². The number of carbonyl (C=O) groups is 1. The zero-order valence-corrected chi connectivity index (χ0v) is 13.2. The maximum absolute atomic E-state index is 12.1. The average molecular weight is 326 g/mol. The Morgan fingerprint density at radius 2 is 2.05 bits per heavy atom. The number of thioether (sulfide) groups is 1. The summed E-state index contributed by atoms with van der Waals surface area (Å²) in [6, 6.07) is 6.81. The van der Waals surface area contributed by atoms with Gasteiger partial charge in [0.05, 0.1) is 5.75 Å². The van der Waals surface area contributed by atoms with Crippen molar-refractivity contribution < 1.29 is 9.90 Å². The molecule has 0 bridgehead atoms. The molecule has 112 valence electrons.